The van der Waals surface area contributed by atoms with Gasteiger partial charge in [0.25, 0.3) is 11.7 Å². The molecular formula is C24H21F2N3O4. The van der Waals surface area contributed by atoms with Crippen molar-refractivity contribution < 1.29 is 28.2 Å². The van der Waals surface area contributed by atoms with E-state index in [4.69, 9.17) is 4.74 Å². The van der Waals surface area contributed by atoms with Crippen LogP contribution >= 0.6 is 0 Å². The van der Waals surface area contributed by atoms with Crippen molar-refractivity contribution in [2.24, 2.45) is 0 Å². The van der Waals surface area contributed by atoms with Crippen LogP contribution in [0.15, 0.2) is 66.8 Å². The predicted octanol–water partition coefficient (Wildman–Crippen LogP) is 3.68. The summed E-state index contributed by atoms with van der Waals surface area (Å²) in [6.07, 6.45) is 5.57. The van der Waals surface area contributed by atoms with E-state index >= 15 is 0 Å². The number of imidazole rings is 1. The van der Waals surface area contributed by atoms with Crippen LogP contribution in [0.1, 0.15) is 23.6 Å². The molecule has 7 nitrogen and oxygen atoms in total. The lowest BCUT2D eigenvalue weighted by Crippen LogP contribution is -2.31. The number of ether oxygens (including phenoxy) is 1. The van der Waals surface area contributed by atoms with Gasteiger partial charge in [-0.05, 0) is 42.3 Å². The third-order valence-corrected chi connectivity index (χ3v) is 5.53. The van der Waals surface area contributed by atoms with E-state index in [9.17, 15) is 23.5 Å². The fourth-order valence-electron chi connectivity index (χ4n) is 3.91. The molecule has 9 heteroatoms. The van der Waals surface area contributed by atoms with Crippen molar-refractivity contribution in [2.75, 3.05) is 13.7 Å². The summed E-state index contributed by atoms with van der Waals surface area (Å²) in [5, 5.41) is 11.0. The molecule has 0 saturated carbocycles. The number of likely N-dealkylation sites (tertiary alicyclic amines) is 1. The molecule has 0 aliphatic carbocycles. The van der Waals surface area contributed by atoms with Crippen LogP contribution in [0.5, 0.6) is 5.75 Å². The highest BCUT2D eigenvalue weighted by molar-refractivity contribution is 6.46. The Morgan fingerprint density at radius 2 is 1.88 bits per heavy atom. The summed E-state index contributed by atoms with van der Waals surface area (Å²) in [6.45, 7) is 0.765. The Labute approximate surface area is 188 Å². The number of halogens is 2. The molecule has 1 saturated heterocycles. The fraction of sp³-hybridized carbons (Fsp3) is 0.208. The lowest BCUT2D eigenvalue weighted by molar-refractivity contribution is -0.139. The molecule has 3 aromatic rings. The second-order valence-corrected chi connectivity index (χ2v) is 7.55. The van der Waals surface area contributed by atoms with Crippen LogP contribution in [0.2, 0.25) is 0 Å². The van der Waals surface area contributed by atoms with Crippen molar-refractivity contribution >= 4 is 17.4 Å². The summed E-state index contributed by atoms with van der Waals surface area (Å²) < 4.78 is 34.5. The molecule has 1 aliphatic rings. The molecule has 2 aromatic carbocycles. The van der Waals surface area contributed by atoms with Gasteiger partial charge in [0.1, 0.15) is 11.6 Å². The van der Waals surface area contributed by atoms with Gasteiger partial charge in [-0.25, -0.2) is 13.8 Å². The third kappa shape index (κ3) is 4.34. The van der Waals surface area contributed by atoms with Gasteiger partial charge in [-0.1, -0.05) is 12.1 Å². The number of ketones is 1. The Kier molecular flexibility index (Phi) is 6.21. The minimum Gasteiger partial charge on any atom is -0.507 e. The van der Waals surface area contributed by atoms with Crippen LogP contribution in [0.4, 0.5) is 8.78 Å². The summed E-state index contributed by atoms with van der Waals surface area (Å²) in [5.74, 6) is -3.42. The van der Waals surface area contributed by atoms with Crippen LogP contribution in [0.3, 0.4) is 0 Å². The highest BCUT2D eigenvalue weighted by Gasteiger charge is 2.45. The summed E-state index contributed by atoms with van der Waals surface area (Å²) in [7, 11) is 1.31. The van der Waals surface area contributed by atoms with Gasteiger partial charge >= 0.3 is 0 Å². The number of aryl methyl sites for hydroxylation is 1. The first-order valence-electron chi connectivity index (χ1n) is 10.2. The second kappa shape index (κ2) is 9.23. The minimum atomic E-state index is -0.946. The number of Topliss-reactive ketones (excluding diaryl/α,β-unsaturated/α-hetero) is 1. The SMILES string of the molecule is COc1ccc(/C(O)=C2\C(=O)C(=O)N(CCCn3ccnc3)[C@@H]2c2ccc(F)cc2)cc1F. The molecule has 1 amide bonds. The van der Waals surface area contributed by atoms with Gasteiger partial charge in [0.15, 0.2) is 11.6 Å². The van der Waals surface area contributed by atoms with Gasteiger partial charge in [-0.15, -0.1) is 0 Å². The Hall–Kier alpha value is -4.01. The Morgan fingerprint density at radius 3 is 2.52 bits per heavy atom. The molecule has 1 N–H and O–H groups in total. The maximum atomic E-state index is 14.2. The van der Waals surface area contributed by atoms with Crippen LogP contribution in [-0.4, -0.2) is 44.9 Å². The van der Waals surface area contributed by atoms with Crippen molar-refractivity contribution in [1.82, 2.24) is 14.5 Å². The molecule has 1 atom stereocenters. The fourth-order valence-corrected chi connectivity index (χ4v) is 3.91. The van der Waals surface area contributed by atoms with E-state index in [1.54, 1.807) is 18.7 Å². The van der Waals surface area contributed by atoms with Crippen LogP contribution < -0.4 is 4.74 Å². The monoisotopic (exact) mass is 453 g/mol. The first-order valence-corrected chi connectivity index (χ1v) is 10.2. The maximum absolute atomic E-state index is 14.2. The van der Waals surface area contributed by atoms with E-state index in [1.807, 2.05) is 4.57 Å². The van der Waals surface area contributed by atoms with E-state index in [-0.39, 0.29) is 23.4 Å². The van der Waals surface area contributed by atoms with E-state index in [1.165, 1.54) is 48.4 Å². The van der Waals surface area contributed by atoms with Gasteiger partial charge in [-0.3, -0.25) is 9.59 Å². The summed E-state index contributed by atoms with van der Waals surface area (Å²) in [6, 6.07) is 8.14. The van der Waals surface area contributed by atoms with Crippen molar-refractivity contribution in [2.45, 2.75) is 19.0 Å². The number of hydrogen-bond donors (Lipinski definition) is 1. The quantitative estimate of drug-likeness (QED) is 0.335. The molecular weight excluding hydrogens is 432 g/mol. The molecule has 1 aromatic heterocycles. The minimum absolute atomic E-state index is 0.0248. The van der Waals surface area contributed by atoms with Crippen molar-refractivity contribution in [3.63, 3.8) is 0 Å². The first-order chi connectivity index (χ1) is 15.9. The van der Waals surface area contributed by atoms with Gasteiger partial charge in [0.05, 0.1) is 25.1 Å². The van der Waals surface area contributed by atoms with Crippen LogP contribution in [0.25, 0.3) is 5.76 Å². The molecule has 4 rings (SSSR count). The Balaban J connectivity index is 1.74. The normalized spacial score (nSPS) is 17.5. The zero-order valence-corrected chi connectivity index (χ0v) is 17.7. The maximum Gasteiger partial charge on any atom is 0.295 e. The van der Waals surface area contributed by atoms with Gasteiger partial charge in [0.2, 0.25) is 0 Å². The number of amides is 1. The standard InChI is InChI=1S/C24H21F2N3O4/c1-33-19-8-5-16(13-18(19)26)22(30)20-21(15-3-6-17(25)7-4-15)29(24(32)23(20)31)11-2-10-28-12-9-27-14-28/h3-9,12-14,21,30H,2,10-11H2,1H3/b22-20+/t21-/m1/s1. The number of carbonyl (C=O) groups is 2. The van der Waals surface area contributed by atoms with Gasteiger partial charge in [0, 0.05) is 31.0 Å². The van der Waals surface area contributed by atoms with E-state index in [2.05, 4.69) is 4.98 Å². The average molecular weight is 453 g/mol. The molecule has 0 unspecified atom stereocenters. The van der Waals surface area contributed by atoms with Crippen molar-refractivity contribution in [1.29, 1.82) is 0 Å². The molecule has 33 heavy (non-hydrogen) atoms. The summed E-state index contributed by atoms with van der Waals surface area (Å²) >= 11 is 0. The van der Waals surface area contributed by atoms with E-state index in [0.717, 1.165) is 6.07 Å². The average Bonchev–Trinajstić information content (AvgIpc) is 3.41. The molecule has 170 valence electrons. The number of carbonyl (C=O) groups excluding carboxylic acids is 2. The molecule has 1 fully saturated rings. The molecule has 2 heterocycles. The number of aliphatic hydroxyl groups is 1. The van der Waals surface area contributed by atoms with Gasteiger partial charge in [-0.2, -0.15) is 0 Å². The molecule has 0 bridgehead atoms. The molecule has 0 spiro atoms. The molecule has 1 aliphatic heterocycles. The number of nitrogens with zero attached hydrogens (tertiary/aromatic N) is 3. The van der Waals surface area contributed by atoms with Crippen molar-refractivity contribution in [3.8, 4) is 5.75 Å². The van der Waals surface area contributed by atoms with Crippen LogP contribution in [-0.2, 0) is 16.1 Å². The van der Waals surface area contributed by atoms with Crippen LogP contribution in [0, 0.1) is 11.6 Å². The lowest BCUT2D eigenvalue weighted by atomic mass is 9.95. The zero-order valence-electron chi connectivity index (χ0n) is 17.7. The number of methoxy groups -OCH3 is 1. The van der Waals surface area contributed by atoms with Crippen molar-refractivity contribution in [3.05, 3.63) is 89.5 Å². The second-order valence-electron chi connectivity index (χ2n) is 7.55. The summed E-state index contributed by atoms with van der Waals surface area (Å²) in [4.78, 5) is 31.2. The third-order valence-electron chi connectivity index (χ3n) is 5.53. The molecule has 0 radical (unpaired) electrons. The topological polar surface area (TPSA) is 84.7 Å². The summed E-state index contributed by atoms with van der Waals surface area (Å²) in [5.41, 5.74) is 0.296. The number of benzene rings is 2. The number of aliphatic hydroxyl groups excluding tert-OH is 1. The highest BCUT2D eigenvalue weighted by atomic mass is 19.1. The first kappa shape index (κ1) is 22.2. The Bertz CT molecular complexity index is 1210. The van der Waals surface area contributed by atoms with E-state index in [0.29, 0.717) is 18.5 Å². The lowest BCUT2D eigenvalue weighted by Gasteiger charge is -2.25. The predicted molar refractivity (Wildman–Crippen MR) is 115 cm³/mol. The number of rotatable bonds is 7. The van der Waals surface area contributed by atoms with E-state index < -0.39 is 35.1 Å². The number of hydrogen-bond acceptors (Lipinski definition) is 5. The number of aromatic nitrogens is 2. The largest absolute Gasteiger partial charge is 0.507 e. The zero-order chi connectivity index (χ0) is 23.5. The van der Waals surface area contributed by atoms with Gasteiger partial charge < -0.3 is 19.3 Å². The Morgan fingerprint density at radius 1 is 1.12 bits per heavy atom. The highest BCUT2D eigenvalue weighted by Crippen LogP contribution is 2.40. The smallest absolute Gasteiger partial charge is 0.295 e.